The summed E-state index contributed by atoms with van der Waals surface area (Å²) >= 11 is 0. The van der Waals surface area contributed by atoms with Gasteiger partial charge in [0.25, 0.3) is 5.91 Å². The Kier molecular flexibility index (Phi) is 4.61. The van der Waals surface area contributed by atoms with Crippen LogP contribution in [0.4, 0.5) is 24.7 Å². The molecule has 0 saturated carbocycles. The number of hydrogen-bond donors (Lipinski definition) is 2. The van der Waals surface area contributed by atoms with Crippen LogP contribution >= 0.6 is 0 Å². The second-order valence-electron chi connectivity index (χ2n) is 5.50. The van der Waals surface area contributed by atoms with Gasteiger partial charge in [0.1, 0.15) is 0 Å². The van der Waals surface area contributed by atoms with E-state index in [1.165, 1.54) is 16.8 Å². The summed E-state index contributed by atoms with van der Waals surface area (Å²) in [5.74, 6) is -0.583. The van der Waals surface area contributed by atoms with Gasteiger partial charge in [0.2, 0.25) is 0 Å². The van der Waals surface area contributed by atoms with E-state index in [1.807, 2.05) is 0 Å². The molecule has 3 aromatic rings. The van der Waals surface area contributed by atoms with Gasteiger partial charge < -0.3 is 11.1 Å². The van der Waals surface area contributed by atoms with E-state index in [0.717, 1.165) is 12.1 Å². The molecule has 1 heterocycles. The first-order chi connectivity index (χ1) is 12.3. The van der Waals surface area contributed by atoms with Crippen molar-refractivity contribution in [1.29, 1.82) is 0 Å². The van der Waals surface area contributed by atoms with E-state index in [2.05, 4.69) is 15.6 Å². The molecular weight excluding hydrogens is 347 g/mol. The van der Waals surface area contributed by atoms with E-state index in [1.54, 1.807) is 30.3 Å². The number of nitrogens with one attached hydrogen (secondary N) is 1. The van der Waals surface area contributed by atoms with Gasteiger partial charge in [0, 0.05) is 5.69 Å². The molecule has 6 nitrogen and oxygen atoms in total. The normalized spacial score (nSPS) is 11.3. The molecule has 0 aliphatic heterocycles. The van der Waals surface area contributed by atoms with Crippen LogP contribution in [0.3, 0.4) is 0 Å². The zero-order chi connectivity index (χ0) is 18.7. The van der Waals surface area contributed by atoms with Gasteiger partial charge in [-0.25, -0.2) is 4.68 Å². The molecule has 0 unspecified atom stereocenters. The molecule has 0 bridgehead atoms. The van der Waals surface area contributed by atoms with Crippen LogP contribution in [0.5, 0.6) is 0 Å². The highest BCUT2D eigenvalue weighted by Crippen LogP contribution is 2.29. The number of nitrogen functional groups attached to an aromatic ring is 1. The maximum absolute atomic E-state index is 12.8. The van der Waals surface area contributed by atoms with E-state index >= 15 is 0 Å². The van der Waals surface area contributed by atoms with Crippen LogP contribution in [0.1, 0.15) is 21.6 Å². The molecule has 0 atom stereocenters. The largest absolute Gasteiger partial charge is 0.416 e. The summed E-state index contributed by atoms with van der Waals surface area (Å²) in [4.78, 5) is 12.2. The molecule has 26 heavy (non-hydrogen) atoms. The zero-order valence-electron chi connectivity index (χ0n) is 13.4. The van der Waals surface area contributed by atoms with E-state index in [0.29, 0.717) is 11.3 Å². The van der Waals surface area contributed by atoms with Crippen molar-refractivity contribution >= 4 is 17.4 Å². The zero-order valence-corrected chi connectivity index (χ0v) is 13.4. The fourth-order valence-electron chi connectivity index (χ4n) is 2.33. The highest BCUT2D eigenvalue weighted by molar-refractivity contribution is 6.05. The van der Waals surface area contributed by atoms with Crippen LogP contribution in [-0.2, 0) is 12.7 Å². The number of nitrogens with zero attached hydrogens (tertiary/aromatic N) is 3. The summed E-state index contributed by atoms with van der Waals surface area (Å²) in [6.45, 7) is -0.0403. The second-order valence-corrected chi connectivity index (χ2v) is 5.50. The van der Waals surface area contributed by atoms with Crippen molar-refractivity contribution in [3.63, 3.8) is 0 Å². The molecule has 0 saturated heterocycles. The third-order valence-corrected chi connectivity index (χ3v) is 3.61. The van der Waals surface area contributed by atoms with Gasteiger partial charge in [-0.15, -0.1) is 5.10 Å². The number of amides is 1. The third-order valence-electron chi connectivity index (χ3n) is 3.61. The predicted molar refractivity (Wildman–Crippen MR) is 89.4 cm³/mol. The monoisotopic (exact) mass is 361 g/mol. The van der Waals surface area contributed by atoms with Crippen LogP contribution in [0.15, 0.2) is 54.6 Å². The maximum Gasteiger partial charge on any atom is 0.416 e. The summed E-state index contributed by atoms with van der Waals surface area (Å²) in [7, 11) is 0. The Morgan fingerprint density at radius 1 is 1.12 bits per heavy atom. The number of rotatable bonds is 4. The molecule has 2 aromatic carbocycles. The van der Waals surface area contributed by atoms with Gasteiger partial charge in [-0.05, 0) is 29.8 Å². The summed E-state index contributed by atoms with van der Waals surface area (Å²) < 4.78 is 39.5. The lowest BCUT2D eigenvalue weighted by Crippen LogP contribution is -2.15. The van der Waals surface area contributed by atoms with E-state index in [9.17, 15) is 18.0 Å². The van der Waals surface area contributed by atoms with Crippen molar-refractivity contribution in [2.24, 2.45) is 0 Å². The van der Waals surface area contributed by atoms with Crippen molar-refractivity contribution in [1.82, 2.24) is 15.0 Å². The number of benzene rings is 2. The Balaban J connectivity index is 1.78. The van der Waals surface area contributed by atoms with Crippen molar-refractivity contribution in [2.45, 2.75) is 12.7 Å². The SMILES string of the molecule is Nc1c(C(=O)Nc2ccccc2)nnn1Cc1cccc(C(F)(F)F)c1. The molecule has 1 aromatic heterocycles. The van der Waals surface area contributed by atoms with E-state index in [4.69, 9.17) is 5.73 Å². The fourth-order valence-corrected chi connectivity index (χ4v) is 2.33. The van der Waals surface area contributed by atoms with Crippen LogP contribution in [0, 0.1) is 0 Å². The molecule has 0 fully saturated rings. The van der Waals surface area contributed by atoms with Gasteiger partial charge in [0.05, 0.1) is 12.1 Å². The number of alkyl halides is 3. The molecule has 0 radical (unpaired) electrons. The summed E-state index contributed by atoms with van der Waals surface area (Å²) in [6, 6.07) is 13.5. The first-order valence-corrected chi connectivity index (χ1v) is 7.56. The molecule has 3 rings (SSSR count). The average Bonchev–Trinajstić information content (AvgIpc) is 2.96. The van der Waals surface area contributed by atoms with Crippen LogP contribution < -0.4 is 11.1 Å². The summed E-state index contributed by atoms with van der Waals surface area (Å²) in [6.07, 6.45) is -4.44. The lowest BCUT2D eigenvalue weighted by atomic mass is 10.1. The number of aromatic nitrogens is 3. The van der Waals surface area contributed by atoms with E-state index < -0.39 is 17.6 Å². The number of carbonyl (C=O) groups is 1. The van der Waals surface area contributed by atoms with Crippen molar-refractivity contribution < 1.29 is 18.0 Å². The Hall–Kier alpha value is -3.36. The molecule has 0 spiro atoms. The number of para-hydroxylation sites is 1. The maximum atomic E-state index is 12.8. The number of anilines is 2. The minimum absolute atomic E-state index is 0.0316. The molecule has 9 heteroatoms. The number of halogens is 3. The van der Waals surface area contributed by atoms with Crippen LogP contribution in [0.2, 0.25) is 0 Å². The standard InChI is InChI=1S/C17H14F3N5O/c18-17(19,20)12-6-4-5-11(9-12)10-25-15(21)14(23-24-25)16(26)22-13-7-2-1-3-8-13/h1-9H,10,21H2,(H,22,26). The highest BCUT2D eigenvalue weighted by Gasteiger charge is 2.30. The van der Waals surface area contributed by atoms with E-state index in [-0.39, 0.29) is 18.1 Å². The van der Waals surface area contributed by atoms with Crippen molar-refractivity contribution in [3.8, 4) is 0 Å². The molecular formula is C17H14F3N5O. The quantitative estimate of drug-likeness (QED) is 0.747. The number of carbonyl (C=O) groups excluding carboxylic acids is 1. The Bertz CT molecular complexity index is 922. The predicted octanol–water partition coefficient (Wildman–Crippen LogP) is 3.18. The average molecular weight is 361 g/mol. The Morgan fingerprint density at radius 2 is 1.85 bits per heavy atom. The van der Waals surface area contributed by atoms with Crippen LogP contribution in [0.25, 0.3) is 0 Å². The van der Waals surface area contributed by atoms with Crippen molar-refractivity contribution in [2.75, 3.05) is 11.1 Å². The third kappa shape index (κ3) is 3.82. The molecule has 1 amide bonds. The molecule has 0 aliphatic rings. The lowest BCUT2D eigenvalue weighted by Gasteiger charge is -2.09. The number of hydrogen-bond acceptors (Lipinski definition) is 4. The minimum atomic E-state index is -4.44. The van der Waals surface area contributed by atoms with Gasteiger partial charge in [-0.2, -0.15) is 13.2 Å². The van der Waals surface area contributed by atoms with Crippen molar-refractivity contribution in [3.05, 3.63) is 71.4 Å². The fraction of sp³-hybridized carbons (Fsp3) is 0.118. The molecule has 0 aliphatic carbocycles. The molecule has 134 valence electrons. The lowest BCUT2D eigenvalue weighted by molar-refractivity contribution is -0.137. The first kappa shape index (κ1) is 17.5. The topological polar surface area (TPSA) is 85.8 Å². The van der Waals surface area contributed by atoms with Gasteiger partial charge in [-0.1, -0.05) is 35.5 Å². The Labute approximate surface area is 146 Å². The number of nitrogens with two attached hydrogens (primary N) is 1. The minimum Gasteiger partial charge on any atom is -0.382 e. The Morgan fingerprint density at radius 3 is 2.54 bits per heavy atom. The second kappa shape index (κ2) is 6.87. The first-order valence-electron chi connectivity index (χ1n) is 7.56. The van der Waals surface area contributed by atoms with Gasteiger partial charge >= 0.3 is 6.18 Å². The van der Waals surface area contributed by atoms with Gasteiger partial charge in [0.15, 0.2) is 11.5 Å². The highest BCUT2D eigenvalue weighted by atomic mass is 19.4. The molecule has 3 N–H and O–H groups in total. The summed E-state index contributed by atoms with van der Waals surface area (Å²) in [5, 5.41) is 10.1. The smallest absolute Gasteiger partial charge is 0.382 e. The van der Waals surface area contributed by atoms with Gasteiger partial charge in [-0.3, -0.25) is 4.79 Å². The summed E-state index contributed by atoms with van der Waals surface area (Å²) in [5.41, 5.74) is 5.92. The van der Waals surface area contributed by atoms with Crippen LogP contribution in [-0.4, -0.2) is 20.9 Å².